The zero-order valence-corrected chi connectivity index (χ0v) is 10.6. The minimum Gasteiger partial charge on any atom is -0.493 e. The zero-order valence-electron chi connectivity index (χ0n) is 10.6. The van der Waals surface area contributed by atoms with E-state index in [-0.39, 0.29) is 6.61 Å². The molecule has 5 nitrogen and oxygen atoms in total. The number of ether oxygens (including phenoxy) is 2. The van der Waals surface area contributed by atoms with Crippen LogP contribution in [0.15, 0.2) is 12.3 Å². The molecule has 1 aromatic heterocycles. The first-order chi connectivity index (χ1) is 8.26. The second-order valence-electron chi connectivity index (χ2n) is 3.59. The van der Waals surface area contributed by atoms with Crippen LogP contribution in [0.25, 0.3) is 0 Å². The molecule has 96 valence electrons. The SMILES string of the molecule is CCN(CCO)Cc1nccc(OC)c1OC. The van der Waals surface area contributed by atoms with Gasteiger partial charge in [0.05, 0.1) is 20.8 Å². The Kier molecular flexibility index (Phi) is 5.72. The van der Waals surface area contributed by atoms with Crippen LogP contribution in [0.2, 0.25) is 0 Å². The van der Waals surface area contributed by atoms with E-state index >= 15 is 0 Å². The molecule has 0 spiro atoms. The number of rotatable bonds is 7. The van der Waals surface area contributed by atoms with Gasteiger partial charge >= 0.3 is 0 Å². The molecule has 1 heterocycles. The maximum absolute atomic E-state index is 8.96. The summed E-state index contributed by atoms with van der Waals surface area (Å²) in [7, 11) is 3.21. The lowest BCUT2D eigenvalue weighted by Gasteiger charge is -2.20. The summed E-state index contributed by atoms with van der Waals surface area (Å²) in [6.45, 7) is 4.29. The van der Waals surface area contributed by atoms with E-state index in [0.29, 0.717) is 24.6 Å². The fourth-order valence-electron chi connectivity index (χ4n) is 1.67. The largest absolute Gasteiger partial charge is 0.493 e. The van der Waals surface area contributed by atoms with Gasteiger partial charge in [-0.05, 0) is 6.54 Å². The van der Waals surface area contributed by atoms with Crippen molar-refractivity contribution in [2.45, 2.75) is 13.5 Å². The summed E-state index contributed by atoms with van der Waals surface area (Å²) >= 11 is 0. The van der Waals surface area contributed by atoms with Crippen LogP contribution in [0.3, 0.4) is 0 Å². The minimum absolute atomic E-state index is 0.139. The normalized spacial score (nSPS) is 10.6. The van der Waals surface area contributed by atoms with E-state index in [2.05, 4.69) is 9.88 Å². The first-order valence-electron chi connectivity index (χ1n) is 5.65. The van der Waals surface area contributed by atoms with Crippen LogP contribution in [0, 0.1) is 0 Å². The van der Waals surface area contributed by atoms with Crippen molar-refractivity contribution in [3.05, 3.63) is 18.0 Å². The van der Waals surface area contributed by atoms with Crippen LogP contribution in [-0.2, 0) is 6.54 Å². The maximum atomic E-state index is 8.96. The quantitative estimate of drug-likeness (QED) is 0.768. The second kappa shape index (κ2) is 7.09. The van der Waals surface area contributed by atoms with Gasteiger partial charge in [-0.15, -0.1) is 0 Å². The Bertz CT molecular complexity index is 345. The molecule has 1 aromatic rings. The molecular formula is C12H20N2O3. The number of hydrogen-bond donors (Lipinski definition) is 1. The molecule has 0 radical (unpaired) electrons. The summed E-state index contributed by atoms with van der Waals surface area (Å²) in [5, 5.41) is 8.96. The van der Waals surface area contributed by atoms with Gasteiger partial charge in [0.1, 0.15) is 5.69 Å². The van der Waals surface area contributed by atoms with E-state index < -0.39 is 0 Å². The molecule has 0 amide bonds. The van der Waals surface area contributed by atoms with Crippen molar-refractivity contribution in [3.63, 3.8) is 0 Å². The van der Waals surface area contributed by atoms with Gasteiger partial charge in [-0.25, -0.2) is 0 Å². The molecule has 0 aliphatic heterocycles. The predicted molar refractivity (Wildman–Crippen MR) is 65.4 cm³/mol. The molecule has 0 aromatic carbocycles. The molecule has 0 atom stereocenters. The highest BCUT2D eigenvalue weighted by Crippen LogP contribution is 2.29. The number of likely N-dealkylation sites (N-methyl/N-ethyl adjacent to an activating group) is 1. The van der Waals surface area contributed by atoms with Crippen LogP contribution < -0.4 is 9.47 Å². The second-order valence-corrected chi connectivity index (χ2v) is 3.59. The van der Waals surface area contributed by atoms with E-state index in [1.54, 1.807) is 26.5 Å². The number of methoxy groups -OCH3 is 2. The average molecular weight is 240 g/mol. The van der Waals surface area contributed by atoms with Crippen LogP contribution in [0.1, 0.15) is 12.6 Å². The number of hydrogen-bond acceptors (Lipinski definition) is 5. The first kappa shape index (κ1) is 13.7. The van der Waals surface area contributed by atoms with Gasteiger partial charge in [0.25, 0.3) is 0 Å². The molecule has 5 heteroatoms. The van der Waals surface area contributed by atoms with E-state index in [1.807, 2.05) is 6.92 Å². The van der Waals surface area contributed by atoms with Crippen molar-refractivity contribution in [2.24, 2.45) is 0 Å². The molecule has 0 unspecified atom stereocenters. The number of nitrogens with zero attached hydrogens (tertiary/aromatic N) is 2. The standard InChI is InChI=1S/C12H20N2O3/c1-4-14(7-8-15)9-10-12(17-3)11(16-2)5-6-13-10/h5-6,15H,4,7-9H2,1-3H3. The molecule has 1 rings (SSSR count). The fraction of sp³-hybridized carbons (Fsp3) is 0.583. The number of aliphatic hydroxyl groups is 1. The first-order valence-corrected chi connectivity index (χ1v) is 5.65. The summed E-state index contributed by atoms with van der Waals surface area (Å²) < 4.78 is 10.5. The van der Waals surface area contributed by atoms with Crippen molar-refractivity contribution in [2.75, 3.05) is 33.9 Å². The van der Waals surface area contributed by atoms with Crippen molar-refractivity contribution in [3.8, 4) is 11.5 Å². The molecule has 0 aliphatic carbocycles. The molecule has 0 saturated heterocycles. The maximum Gasteiger partial charge on any atom is 0.183 e. The third-order valence-electron chi connectivity index (χ3n) is 2.60. The van der Waals surface area contributed by atoms with E-state index in [9.17, 15) is 0 Å². The smallest absolute Gasteiger partial charge is 0.183 e. The monoisotopic (exact) mass is 240 g/mol. The number of aromatic nitrogens is 1. The molecular weight excluding hydrogens is 220 g/mol. The summed E-state index contributed by atoms with van der Waals surface area (Å²) in [4.78, 5) is 6.39. The lowest BCUT2D eigenvalue weighted by atomic mass is 10.2. The summed E-state index contributed by atoms with van der Waals surface area (Å²) in [6, 6.07) is 1.77. The van der Waals surface area contributed by atoms with Crippen molar-refractivity contribution < 1.29 is 14.6 Å². The van der Waals surface area contributed by atoms with Crippen molar-refractivity contribution in [1.29, 1.82) is 0 Å². The molecule has 0 bridgehead atoms. The summed E-state index contributed by atoms with van der Waals surface area (Å²) in [5.41, 5.74) is 0.821. The molecule has 17 heavy (non-hydrogen) atoms. The lowest BCUT2D eigenvalue weighted by Crippen LogP contribution is -2.26. The third-order valence-corrected chi connectivity index (χ3v) is 2.60. The number of pyridine rings is 1. The average Bonchev–Trinajstić information content (AvgIpc) is 2.37. The molecule has 0 aliphatic rings. The molecule has 0 fully saturated rings. The van der Waals surface area contributed by atoms with Gasteiger partial charge in [0.15, 0.2) is 11.5 Å². The molecule has 0 saturated carbocycles. The highest BCUT2D eigenvalue weighted by atomic mass is 16.5. The number of aliphatic hydroxyl groups excluding tert-OH is 1. The van der Waals surface area contributed by atoms with E-state index in [0.717, 1.165) is 12.2 Å². The van der Waals surface area contributed by atoms with E-state index in [1.165, 1.54) is 0 Å². The van der Waals surface area contributed by atoms with Crippen molar-refractivity contribution >= 4 is 0 Å². The van der Waals surface area contributed by atoms with Gasteiger partial charge in [-0.2, -0.15) is 0 Å². The highest BCUT2D eigenvalue weighted by molar-refractivity contribution is 5.42. The van der Waals surface area contributed by atoms with Crippen LogP contribution in [0.5, 0.6) is 11.5 Å². The van der Waals surface area contributed by atoms with E-state index in [4.69, 9.17) is 14.6 Å². The molecule has 1 N–H and O–H groups in total. The zero-order chi connectivity index (χ0) is 12.7. The van der Waals surface area contributed by atoms with Crippen LogP contribution in [-0.4, -0.2) is 48.9 Å². The lowest BCUT2D eigenvalue weighted by molar-refractivity contribution is 0.193. The minimum atomic E-state index is 0.139. The summed E-state index contributed by atoms with van der Waals surface area (Å²) in [6.07, 6.45) is 1.70. The van der Waals surface area contributed by atoms with Gasteiger partial charge in [-0.1, -0.05) is 6.92 Å². The Morgan fingerprint density at radius 2 is 2.12 bits per heavy atom. The topological polar surface area (TPSA) is 54.8 Å². The van der Waals surface area contributed by atoms with Crippen LogP contribution in [0.4, 0.5) is 0 Å². The third kappa shape index (κ3) is 3.57. The van der Waals surface area contributed by atoms with Gasteiger partial charge in [0.2, 0.25) is 0 Å². The Labute approximate surface area is 102 Å². The summed E-state index contributed by atoms with van der Waals surface area (Å²) in [5.74, 6) is 1.34. The predicted octanol–water partition coefficient (Wildman–Crippen LogP) is 0.913. The Morgan fingerprint density at radius 3 is 2.65 bits per heavy atom. The Hall–Kier alpha value is -1.33. The van der Waals surface area contributed by atoms with Crippen LogP contribution >= 0.6 is 0 Å². The van der Waals surface area contributed by atoms with Gasteiger partial charge < -0.3 is 14.6 Å². The fourth-order valence-corrected chi connectivity index (χ4v) is 1.67. The van der Waals surface area contributed by atoms with Gasteiger partial charge in [-0.3, -0.25) is 9.88 Å². The van der Waals surface area contributed by atoms with Crippen molar-refractivity contribution in [1.82, 2.24) is 9.88 Å². The highest BCUT2D eigenvalue weighted by Gasteiger charge is 2.13. The van der Waals surface area contributed by atoms with Gasteiger partial charge in [0, 0.05) is 25.4 Å². The Balaban J connectivity index is 2.88. The Morgan fingerprint density at radius 1 is 1.35 bits per heavy atom.